The third kappa shape index (κ3) is 2.58. The maximum absolute atomic E-state index is 13.8. The fourth-order valence-corrected chi connectivity index (χ4v) is 1.83. The maximum atomic E-state index is 13.8. The molecule has 0 spiro atoms. The lowest BCUT2D eigenvalue weighted by Crippen LogP contribution is -2.23. The smallest absolute Gasteiger partial charge is 0.135 e. The lowest BCUT2D eigenvalue weighted by molar-refractivity contribution is 0.486. The Hall–Kier alpha value is -0.850. The lowest BCUT2D eigenvalue weighted by atomic mass is 9.75. The Bertz CT molecular complexity index is 351. The van der Waals surface area contributed by atoms with Crippen LogP contribution in [-0.2, 0) is 10.8 Å². The molecular weight excluding hydrogens is 187 g/mol. The van der Waals surface area contributed by atoms with Gasteiger partial charge in [0.25, 0.3) is 0 Å². The zero-order chi connectivity index (χ0) is 11.9. The van der Waals surface area contributed by atoms with Gasteiger partial charge < -0.3 is 0 Å². The van der Waals surface area contributed by atoms with Crippen LogP contribution in [0.3, 0.4) is 0 Å². The Balaban J connectivity index is 3.48. The molecular formula is C14H20F. The highest BCUT2D eigenvalue weighted by Crippen LogP contribution is 2.35. The molecule has 0 unspecified atom stereocenters. The molecule has 0 bridgehead atoms. The molecule has 1 heteroatoms. The molecule has 0 atom stereocenters. The second kappa shape index (κ2) is 3.62. The normalized spacial score (nSPS) is 13.0. The van der Waals surface area contributed by atoms with Crippen LogP contribution >= 0.6 is 0 Å². The van der Waals surface area contributed by atoms with Gasteiger partial charge >= 0.3 is 0 Å². The van der Waals surface area contributed by atoms with E-state index in [2.05, 4.69) is 26.8 Å². The molecule has 1 aromatic rings. The zero-order valence-corrected chi connectivity index (χ0v) is 10.5. The van der Waals surface area contributed by atoms with Gasteiger partial charge in [-0.3, -0.25) is 0 Å². The summed E-state index contributed by atoms with van der Waals surface area (Å²) in [5.41, 5.74) is 1.66. The fraction of sp³-hybridized carbons (Fsp3) is 0.571. The van der Waals surface area contributed by atoms with Crippen LogP contribution in [0.4, 0.5) is 4.39 Å². The van der Waals surface area contributed by atoms with Gasteiger partial charge in [-0.25, -0.2) is 4.39 Å². The van der Waals surface area contributed by atoms with Crippen LogP contribution in [0.1, 0.15) is 52.7 Å². The second-order valence-corrected chi connectivity index (χ2v) is 6.08. The van der Waals surface area contributed by atoms with Crippen molar-refractivity contribution in [3.63, 3.8) is 0 Å². The van der Waals surface area contributed by atoms with E-state index in [1.165, 1.54) is 0 Å². The molecule has 0 heterocycles. The summed E-state index contributed by atoms with van der Waals surface area (Å²) in [5, 5.41) is 0. The van der Waals surface area contributed by atoms with Crippen LogP contribution < -0.4 is 0 Å². The third-order valence-electron chi connectivity index (χ3n) is 2.51. The van der Waals surface area contributed by atoms with Gasteiger partial charge in [0.2, 0.25) is 0 Å². The predicted molar refractivity (Wildman–Crippen MR) is 62.6 cm³/mol. The van der Waals surface area contributed by atoms with E-state index in [0.29, 0.717) is 0 Å². The van der Waals surface area contributed by atoms with Crippen molar-refractivity contribution in [2.45, 2.75) is 52.4 Å². The molecule has 0 aliphatic rings. The minimum atomic E-state index is -0.213. The maximum Gasteiger partial charge on any atom is 0.135 e. The number of rotatable bonds is 0. The van der Waals surface area contributed by atoms with Crippen molar-refractivity contribution in [2.24, 2.45) is 0 Å². The molecule has 0 N–H and O–H groups in total. The minimum absolute atomic E-state index is 0.0292. The van der Waals surface area contributed by atoms with Crippen LogP contribution in [0.25, 0.3) is 0 Å². The SMILES string of the molecule is CC(C)(C)c1cc[c]c(F)c1C(C)(C)C. The van der Waals surface area contributed by atoms with Gasteiger partial charge in [-0.2, -0.15) is 0 Å². The third-order valence-corrected chi connectivity index (χ3v) is 2.51. The van der Waals surface area contributed by atoms with Crippen molar-refractivity contribution in [2.75, 3.05) is 0 Å². The van der Waals surface area contributed by atoms with Crippen LogP contribution in [0.5, 0.6) is 0 Å². The molecule has 1 radical (unpaired) electrons. The summed E-state index contributed by atoms with van der Waals surface area (Å²) in [4.78, 5) is 0. The Morgan fingerprint density at radius 2 is 1.53 bits per heavy atom. The molecule has 0 aliphatic carbocycles. The van der Waals surface area contributed by atoms with Gasteiger partial charge in [0.15, 0.2) is 0 Å². The number of halogens is 1. The van der Waals surface area contributed by atoms with E-state index in [1.54, 1.807) is 6.07 Å². The van der Waals surface area contributed by atoms with Crippen molar-refractivity contribution in [1.29, 1.82) is 0 Å². The molecule has 0 amide bonds. The monoisotopic (exact) mass is 207 g/mol. The molecule has 0 fully saturated rings. The summed E-state index contributed by atoms with van der Waals surface area (Å²) < 4.78 is 13.8. The predicted octanol–water partition coefficient (Wildman–Crippen LogP) is 4.22. The summed E-state index contributed by atoms with van der Waals surface area (Å²) in [6, 6.07) is 6.30. The van der Waals surface area contributed by atoms with Crippen LogP contribution in [0, 0.1) is 11.9 Å². The summed E-state index contributed by atoms with van der Waals surface area (Å²) in [7, 11) is 0. The van der Waals surface area contributed by atoms with Gasteiger partial charge in [0, 0.05) is 6.07 Å². The Morgan fingerprint density at radius 3 is 1.87 bits per heavy atom. The van der Waals surface area contributed by atoms with Crippen LogP contribution in [0.2, 0.25) is 0 Å². The largest absolute Gasteiger partial charge is 0.206 e. The molecule has 0 nitrogen and oxygen atoms in total. The van der Waals surface area contributed by atoms with E-state index in [9.17, 15) is 4.39 Å². The standard InChI is InChI=1S/C14H20F/c1-13(2,3)10-8-7-9-11(15)12(10)14(4,5)6/h7-8H,1-6H3. The topological polar surface area (TPSA) is 0 Å². The van der Waals surface area contributed by atoms with E-state index >= 15 is 0 Å². The molecule has 0 saturated carbocycles. The first-order chi connectivity index (χ1) is 6.64. The van der Waals surface area contributed by atoms with E-state index < -0.39 is 0 Å². The highest BCUT2D eigenvalue weighted by Gasteiger charge is 2.27. The quantitative estimate of drug-likeness (QED) is 0.597. The first kappa shape index (κ1) is 12.2. The van der Waals surface area contributed by atoms with E-state index in [0.717, 1.165) is 11.1 Å². The molecule has 83 valence electrons. The van der Waals surface area contributed by atoms with Gasteiger partial charge in [-0.15, -0.1) is 0 Å². The van der Waals surface area contributed by atoms with Crippen molar-refractivity contribution >= 4 is 0 Å². The zero-order valence-electron chi connectivity index (χ0n) is 10.5. The van der Waals surface area contributed by atoms with E-state index in [4.69, 9.17) is 0 Å². The first-order valence-corrected chi connectivity index (χ1v) is 5.35. The average Bonchev–Trinajstić information content (AvgIpc) is 1.99. The van der Waals surface area contributed by atoms with Crippen molar-refractivity contribution in [3.8, 4) is 0 Å². The molecule has 0 aliphatic heterocycles. The molecule has 0 saturated heterocycles. The molecule has 0 aromatic heterocycles. The summed E-state index contributed by atoms with van der Waals surface area (Å²) in [6.45, 7) is 12.4. The van der Waals surface area contributed by atoms with Crippen LogP contribution in [0.15, 0.2) is 12.1 Å². The van der Waals surface area contributed by atoms with Crippen molar-refractivity contribution in [1.82, 2.24) is 0 Å². The fourth-order valence-electron chi connectivity index (χ4n) is 1.83. The minimum Gasteiger partial charge on any atom is -0.206 e. The summed E-state index contributed by atoms with van der Waals surface area (Å²) in [5.74, 6) is -0.213. The van der Waals surface area contributed by atoms with Crippen LogP contribution in [-0.4, -0.2) is 0 Å². The highest BCUT2D eigenvalue weighted by atomic mass is 19.1. The summed E-state index contributed by atoms with van der Waals surface area (Å²) in [6.07, 6.45) is 0. The lowest BCUT2D eigenvalue weighted by Gasteiger charge is -2.30. The number of benzene rings is 1. The van der Waals surface area contributed by atoms with E-state index in [1.807, 2.05) is 26.8 Å². The first-order valence-electron chi connectivity index (χ1n) is 5.35. The molecule has 1 rings (SSSR count). The van der Waals surface area contributed by atoms with Crippen molar-refractivity contribution in [3.05, 3.63) is 35.1 Å². The van der Waals surface area contributed by atoms with Gasteiger partial charge in [-0.05, 0) is 22.0 Å². The molecule has 1 aromatic carbocycles. The Labute approximate surface area is 92.5 Å². The number of hydrogen-bond donors (Lipinski definition) is 0. The Kier molecular flexibility index (Phi) is 2.95. The summed E-state index contributed by atoms with van der Waals surface area (Å²) >= 11 is 0. The highest BCUT2D eigenvalue weighted by molar-refractivity contribution is 5.38. The average molecular weight is 207 g/mol. The second-order valence-electron chi connectivity index (χ2n) is 6.08. The van der Waals surface area contributed by atoms with Gasteiger partial charge in [0.1, 0.15) is 5.82 Å². The van der Waals surface area contributed by atoms with Gasteiger partial charge in [0.05, 0.1) is 0 Å². The van der Waals surface area contributed by atoms with Gasteiger partial charge in [-0.1, -0.05) is 53.7 Å². The number of hydrogen-bond acceptors (Lipinski definition) is 0. The van der Waals surface area contributed by atoms with E-state index in [-0.39, 0.29) is 16.6 Å². The van der Waals surface area contributed by atoms with Crippen molar-refractivity contribution < 1.29 is 4.39 Å². The molecule has 15 heavy (non-hydrogen) atoms. The Morgan fingerprint density at radius 1 is 1.00 bits per heavy atom.